The van der Waals surface area contributed by atoms with E-state index in [-0.39, 0.29) is 5.91 Å². The van der Waals surface area contributed by atoms with Crippen LogP contribution in [0, 0.1) is 0 Å². The number of amides is 1. The predicted molar refractivity (Wildman–Crippen MR) is 75.0 cm³/mol. The maximum atomic E-state index is 12.4. The van der Waals surface area contributed by atoms with Crippen molar-refractivity contribution >= 4 is 22.5 Å². The smallest absolute Gasteiger partial charge is 0.275 e. The summed E-state index contributed by atoms with van der Waals surface area (Å²) in [6.07, 6.45) is 1.58. The number of carbonyl (C=O) groups excluding carboxylic acids is 1. The molecule has 1 amide bonds. The molecular formula is C14H14N4O2. The number of H-pyrrole nitrogens is 1. The Morgan fingerprint density at radius 1 is 1.45 bits per heavy atom. The van der Waals surface area contributed by atoms with Gasteiger partial charge in [-0.25, -0.2) is 0 Å². The number of nitrogens with two attached hydrogens (primary N) is 1. The minimum absolute atomic E-state index is 0.182. The summed E-state index contributed by atoms with van der Waals surface area (Å²) in [4.78, 5) is 14.0. The maximum absolute atomic E-state index is 12.4. The van der Waals surface area contributed by atoms with Crippen molar-refractivity contribution in [3.63, 3.8) is 0 Å². The molecule has 0 saturated heterocycles. The summed E-state index contributed by atoms with van der Waals surface area (Å²) in [7, 11) is 1.71. The first kappa shape index (κ1) is 12.3. The number of aromatic amines is 1. The van der Waals surface area contributed by atoms with Crippen molar-refractivity contribution in [3.8, 4) is 0 Å². The van der Waals surface area contributed by atoms with E-state index >= 15 is 0 Å². The molecule has 0 aliphatic carbocycles. The van der Waals surface area contributed by atoms with Gasteiger partial charge in [0.05, 0.1) is 18.3 Å². The maximum Gasteiger partial charge on any atom is 0.275 e. The fourth-order valence-corrected chi connectivity index (χ4v) is 2.08. The van der Waals surface area contributed by atoms with Gasteiger partial charge in [0.15, 0.2) is 5.69 Å². The number of nitrogens with one attached hydrogen (secondary N) is 1. The van der Waals surface area contributed by atoms with Gasteiger partial charge in [-0.3, -0.25) is 9.89 Å². The third-order valence-electron chi connectivity index (χ3n) is 3.11. The van der Waals surface area contributed by atoms with Gasteiger partial charge in [0.25, 0.3) is 5.91 Å². The molecule has 3 aromatic rings. The Labute approximate surface area is 115 Å². The lowest BCUT2D eigenvalue weighted by Gasteiger charge is -2.14. The molecule has 0 atom stereocenters. The first-order chi connectivity index (χ1) is 9.65. The topological polar surface area (TPSA) is 88.2 Å². The van der Waals surface area contributed by atoms with Crippen molar-refractivity contribution in [3.05, 3.63) is 48.0 Å². The fourth-order valence-electron chi connectivity index (χ4n) is 2.08. The molecule has 0 aliphatic rings. The molecule has 6 heteroatoms. The summed E-state index contributed by atoms with van der Waals surface area (Å²) >= 11 is 0. The van der Waals surface area contributed by atoms with E-state index in [9.17, 15) is 4.79 Å². The second kappa shape index (κ2) is 4.73. The van der Waals surface area contributed by atoms with Gasteiger partial charge in [0, 0.05) is 18.1 Å². The van der Waals surface area contributed by atoms with Gasteiger partial charge in [-0.1, -0.05) is 0 Å². The second-order valence-electron chi connectivity index (χ2n) is 4.62. The summed E-state index contributed by atoms with van der Waals surface area (Å²) in [5, 5.41) is 7.64. The van der Waals surface area contributed by atoms with Crippen LogP contribution in [-0.4, -0.2) is 28.1 Å². The van der Waals surface area contributed by atoms with Crippen molar-refractivity contribution in [2.45, 2.75) is 6.54 Å². The van der Waals surface area contributed by atoms with E-state index in [1.807, 2.05) is 6.07 Å². The number of hydrogen-bond acceptors (Lipinski definition) is 4. The number of fused-ring (bicyclic) bond motifs is 1. The number of benzene rings is 1. The molecule has 3 N–H and O–H groups in total. The van der Waals surface area contributed by atoms with Crippen LogP contribution in [0.2, 0.25) is 0 Å². The minimum atomic E-state index is -0.182. The zero-order valence-electron chi connectivity index (χ0n) is 11.0. The van der Waals surface area contributed by atoms with Crippen LogP contribution in [0.15, 0.2) is 41.0 Å². The lowest BCUT2D eigenvalue weighted by atomic mass is 10.2. The minimum Gasteiger partial charge on any atom is -0.467 e. The van der Waals surface area contributed by atoms with E-state index in [4.69, 9.17) is 10.2 Å². The van der Waals surface area contributed by atoms with Gasteiger partial charge < -0.3 is 15.1 Å². The SMILES string of the molecule is CN(Cc1ccco1)C(=O)c1n[nH]c2ccc(N)cc12. The van der Waals surface area contributed by atoms with Crippen LogP contribution in [0.25, 0.3) is 10.9 Å². The van der Waals surface area contributed by atoms with E-state index in [2.05, 4.69) is 10.2 Å². The molecule has 6 nitrogen and oxygen atoms in total. The molecule has 0 aliphatic heterocycles. The summed E-state index contributed by atoms with van der Waals surface area (Å²) in [5.41, 5.74) is 7.50. The number of furan rings is 1. The Balaban J connectivity index is 1.90. The molecule has 0 spiro atoms. The molecule has 2 heterocycles. The highest BCUT2D eigenvalue weighted by atomic mass is 16.3. The third-order valence-corrected chi connectivity index (χ3v) is 3.11. The van der Waals surface area contributed by atoms with E-state index in [1.54, 1.807) is 42.5 Å². The van der Waals surface area contributed by atoms with Crippen molar-refractivity contribution in [2.75, 3.05) is 12.8 Å². The Bertz CT molecular complexity index is 746. The van der Waals surface area contributed by atoms with Crippen molar-refractivity contribution in [1.29, 1.82) is 0 Å². The van der Waals surface area contributed by atoms with Crippen LogP contribution in [0.3, 0.4) is 0 Å². The van der Waals surface area contributed by atoms with Crippen molar-refractivity contribution < 1.29 is 9.21 Å². The highest BCUT2D eigenvalue weighted by Crippen LogP contribution is 2.20. The molecule has 20 heavy (non-hydrogen) atoms. The summed E-state index contributed by atoms with van der Waals surface area (Å²) in [5.74, 6) is 0.540. The Morgan fingerprint density at radius 2 is 2.30 bits per heavy atom. The predicted octanol–water partition coefficient (Wildman–Crippen LogP) is 2.01. The molecule has 0 bridgehead atoms. The molecular weight excluding hydrogens is 256 g/mol. The molecule has 0 fully saturated rings. The van der Waals surface area contributed by atoms with Crippen molar-refractivity contribution in [1.82, 2.24) is 15.1 Å². The summed E-state index contributed by atoms with van der Waals surface area (Å²) in [6.45, 7) is 0.391. The van der Waals surface area contributed by atoms with Gasteiger partial charge >= 0.3 is 0 Å². The zero-order chi connectivity index (χ0) is 14.1. The quantitative estimate of drug-likeness (QED) is 0.712. The normalized spacial score (nSPS) is 10.8. The Hall–Kier alpha value is -2.76. The number of anilines is 1. The van der Waals surface area contributed by atoms with E-state index in [1.165, 1.54) is 0 Å². The van der Waals surface area contributed by atoms with Crippen LogP contribution < -0.4 is 5.73 Å². The summed E-state index contributed by atoms with van der Waals surface area (Å²) < 4.78 is 5.24. The Kier molecular flexibility index (Phi) is 2.90. The molecule has 2 aromatic heterocycles. The molecule has 1 aromatic carbocycles. The van der Waals surface area contributed by atoms with Gasteiger partial charge in [-0.05, 0) is 30.3 Å². The third kappa shape index (κ3) is 2.11. The monoisotopic (exact) mass is 270 g/mol. The lowest BCUT2D eigenvalue weighted by molar-refractivity contribution is 0.0771. The van der Waals surface area contributed by atoms with Crippen LogP contribution in [0.1, 0.15) is 16.2 Å². The molecule has 0 unspecified atom stereocenters. The fraction of sp³-hybridized carbons (Fsp3) is 0.143. The number of carbonyl (C=O) groups is 1. The number of aromatic nitrogens is 2. The number of nitrogen functional groups attached to an aromatic ring is 1. The number of rotatable bonds is 3. The first-order valence-electron chi connectivity index (χ1n) is 6.16. The van der Waals surface area contributed by atoms with Crippen LogP contribution in [0.4, 0.5) is 5.69 Å². The van der Waals surface area contributed by atoms with E-state index < -0.39 is 0 Å². The van der Waals surface area contributed by atoms with Crippen molar-refractivity contribution in [2.24, 2.45) is 0 Å². The molecule has 0 saturated carbocycles. The second-order valence-corrected chi connectivity index (χ2v) is 4.62. The van der Waals surface area contributed by atoms with E-state index in [0.717, 1.165) is 16.7 Å². The summed E-state index contributed by atoms with van der Waals surface area (Å²) in [6, 6.07) is 8.93. The van der Waals surface area contributed by atoms with E-state index in [0.29, 0.717) is 17.9 Å². The van der Waals surface area contributed by atoms with Crippen LogP contribution in [-0.2, 0) is 6.54 Å². The largest absolute Gasteiger partial charge is 0.467 e. The zero-order valence-corrected chi connectivity index (χ0v) is 11.0. The van der Waals surface area contributed by atoms with Crippen LogP contribution in [0.5, 0.6) is 0 Å². The molecule has 0 radical (unpaired) electrons. The first-order valence-corrected chi connectivity index (χ1v) is 6.16. The number of hydrogen-bond donors (Lipinski definition) is 2. The molecule has 3 rings (SSSR count). The number of nitrogens with zero attached hydrogens (tertiary/aromatic N) is 2. The van der Waals surface area contributed by atoms with Gasteiger partial charge in [0.1, 0.15) is 5.76 Å². The highest BCUT2D eigenvalue weighted by molar-refractivity contribution is 6.05. The van der Waals surface area contributed by atoms with Gasteiger partial charge in [-0.2, -0.15) is 5.10 Å². The average molecular weight is 270 g/mol. The highest BCUT2D eigenvalue weighted by Gasteiger charge is 2.19. The van der Waals surface area contributed by atoms with Gasteiger partial charge in [-0.15, -0.1) is 0 Å². The van der Waals surface area contributed by atoms with Gasteiger partial charge in [0.2, 0.25) is 0 Å². The van der Waals surface area contributed by atoms with Crippen LogP contribution >= 0.6 is 0 Å². The molecule has 102 valence electrons. The average Bonchev–Trinajstić information content (AvgIpc) is 3.06. The lowest BCUT2D eigenvalue weighted by Crippen LogP contribution is -2.26. The standard InChI is InChI=1S/C14H14N4O2/c1-18(8-10-3-2-6-20-10)14(19)13-11-7-9(15)4-5-12(11)16-17-13/h2-7H,8,15H2,1H3,(H,16,17). The Morgan fingerprint density at radius 3 is 3.05 bits per heavy atom.